The van der Waals surface area contributed by atoms with Crippen molar-refractivity contribution in [3.05, 3.63) is 28.3 Å². The van der Waals surface area contributed by atoms with E-state index in [4.69, 9.17) is 0 Å². The van der Waals surface area contributed by atoms with E-state index in [1.807, 2.05) is 0 Å². The minimum absolute atomic E-state index is 0.171. The molecule has 1 aromatic rings. The normalized spacial score (nSPS) is 11.9. The highest BCUT2D eigenvalue weighted by molar-refractivity contribution is 5.96. The molecule has 0 aliphatic carbocycles. The number of nitro groups is 1. The topological polar surface area (TPSA) is 104 Å². The van der Waals surface area contributed by atoms with E-state index >= 15 is 0 Å². The van der Waals surface area contributed by atoms with Crippen molar-refractivity contribution in [1.29, 1.82) is 0 Å². The number of hydrogen-bond donors (Lipinski definition) is 3. The summed E-state index contributed by atoms with van der Waals surface area (Å²) in [6, 6.07) is 3.85. The summed E-state index contributed by atoms with van der Waals surface area (Å²) in [5.74, 6) is -1.09. The molecule has 3 N–H and O–H groups in total. The average molecular weight is 253 g/mol. The number of nitrogens with one attached hydrogen (secondary N) is 2. The van der Waals surface area contributed by atoms with Gasteiger partial charge in [-0.1, -0.05) is 13.0 Å². The predicted octanol–water partition coefficient (Wildman–Crippen LogP) is 1.09. The van der Waals surface area contributed by atoms with Crippen LogP contribution < -0.4 is 10.6 Å². The fourth-order valence-electron chi connectivity index (χ4n) is 1.45. The fraction of sp³-hybridized carbons (Fsp3) is 0.364. The van der Waals surface area contributed by atoms with Gasteiger partial charge in [-0.2, -0.15) is 0 Å². The number of phenolic OH excluding ortho intramolecular Hbond substituents is 1. The second-order valence-corrected chi connectivity index (χ2v) is 3.88. The molecule has 0 spiro atoms. The van der Waals surface area contributed by atoms with E-state index in [0.717, 1.165) is 0 Å². The molecule has 0 saturated carbocycles. The third kappa shape index (κ3) is 3.17. The van der Waals surface area contributed by atoms with E-state index in [1.54, 1.807) is 14.0 Å². The van der Waals surface area contributed by atoms with Gasteiger partial charge in [-0.25, -0.2) is 0 Å². The quantitative estimate of drug-likeness (QED) is 0.414. The zero-order valence-corrected chi connectivity index (χ0v) is 10.1. The minimum Gasteiger partial charge on any atom is -0.505 e. The lowest BCUT2D eigenvalue weighted by Gasteiger charge is -2.12. The van der Waals surface area contributed by atoms with Crippen LogP contribution in [0.2, 0.25) is 0 Å². The summed E-state index contributed by atoms with van der Waals surface area (Å²) in [6.07, 6.45) is 0. The fourth-order valence-corrected chi connectivity index (χ4v) is 1.45. The van der Waals surface area contributed by atoms with E-state index in [1.165, 1.54) is 18.2 Å². The van der Waals surface area contributed by atoms with Crippen LogP contribution >= 0.6 is 0 Å². The number of nitrogens with zero attached hydrogens (tertiary/aromatic N) is 1. The number of amides is 1. The first-order valence-corrected chi connectivity index (χ1v) is 5.39. The molecular weight excluding hydrogens is 238 g/mol. The summed E-state index contributed by atoms with van der Waals surface area (Å²) < 4.78 is 0. The molecule has 1 unspecified atom stereocenters. The summed E-state index contributed by atoms with van der Waals surface area (Å²) in [6.45, 7) is 2.12. The van der Waals surface area contributed by atoms with Crippen LogP contribution in [-0.2, 0) is 4.79 Å². The van der Waals surface area contributed by atoms with Gasteiger partial charge in [0.25, 0.3) is 5.69 Å². The zero-order valence-electron chi connectivity index (χ0n) is 10.1. The number of carbonyl (C=O) groups is 1. The Labute approximate surface area is 104 Å². The summed E-state index contributed by atoms with van der Waals surface area (Å²) in [5, 5.41) is 25.6. The first-order chi connectivity index (χ1) is 8.47. The first-order valence-electron chi connectivity index (χ1n) is 5.39. The Kier molecular flexibility index (Phi) is 4.61. The highest BCUT2D eigenvalue weighted by atomic mass is 16.6. The lowest BCUT2D eigenvalue weighted by Crippen LogP contribution is -2.28. The lowest BCUT2D eigenvalue weighted by molar-refractivity contribution is -0.384. The van der Waals surface area contributed by atoms with Crippen molar-refractivity contribution in [3.63, 3.8) is 0 Å². The Morgan fingerprint density at radius 3 is 2.78 bits per heavy atom. The van der Waals surface area contributed by atoms with Crippen molar-refractivity contribution >= 4 is 17.3 Å². The van der Waals surface area contributed by atoms with Gasteiger partial charge < -0.3 is 15.7 Å². The molecule has 0 bridgehead atoms. The Balaban J connectivity index is 2.96. The molecule has 1 rings (SSSR count). The number of para-hydroxylation sites is 1. The summed E-state index contributed by atoms with van der Waals surface area (Å²) in [7, 11) is 1.70. The van der Waals surface area contributed by atoms with Gasteiger partial charge in [-0.3, -0.25) is 14.9 Å². The van der Waals surface area contributed by atoms with Crippen LogP contribution in [0.3, 0.4) is 0 Å². The van der Waals surface area contributed by atoms with Crippen LogP contribution in [0.15, 0.2) is 18.2 Å². The van der Waals surface area contributed by atoms with Crippen LogP contribution in [0.4, 0.5) is 11.4 Å². The second-order valence-electron chi connectivity index (χ2n) is 3.88. The Morgan fingerprint density at radius 1 is 1.56 bits per heavy atom. The van der Waals surface area contributed by atoms with Gasteiger partial charge in [0, 0.05) is 18.5 Å². The van der Waals surface area contributed by atoms with Gasteiger partial charge in [-0.15, -0.1) is 0 Å². The summed E-state index contributed by atoms with van der Waals surface area (Å²) in [4.78, 5) is 21.9. The molecule has 0 aliphatic heterocycles. The number of aromatic hydroxyl groups is 1. The van der Waals surface area contributed by atoms with Crippen molar-refractivity contribution in [2.24, 2.45) is 5.92 Å². The third-order valence-corrected chi connectivity index (χ3v) is 2.42. The number of benzene rings is 1. The number of phenols is 1. The Hall–Kier alpha value is -2.15. The Bertz CT molecular complexity index is 462. The maximum atomic E-state index is 11.7. The average Bonchev–Trinajstić information content (AvgIpc) is 2.31. The third-order valence-electron chi connectivity index (χ3n) is 2.42. The SMILES string of the molecule is CNCC(C)C(=O)Nc1c(O)cccc1[N+](=O)[O-]. The van der Waals surface area contributed by atoms with Gasteiger partial charge in [0.1, 0.15) is 5.75 Å². The van der Waals surface area contributed by atoms with Gasteiger partial charge in [0.15, 0.2) is 5.69 Å². The summed E-state index contributed by atoms with van der Waals surface area (Å²) in [5.41, 5.74) is -0.504. The van der Waals surface area contributed by atoms with E-state index in [-0.39, 0.29) is 23.0 Å². The molecule has 7 heteroatoms. The zero-order chi connectivity index (χ0) is 13.7. The number of hydrogen-bond acceptors (Lipinski definition) is 5. The molecule has 7 nitrogen and oxygen atoms in total. The Morgan fingerprint density at radius 2 is 2.22 bits per heavy atom. The highest BCUT2D eigenvalue weighted by Gasteiger charge is 2.21. The smallest absolute Gasteiger partial charge is 0.296 e. The highest BCUT2D eigenvalue weighted by Crippen LogP contribution is 2.33. The van der Waals surface area contributed by atoms with Crippen LogP contribution in [0.1, 0.15) is 6.92 Å². The second kappa shape index (κ2) is 5.97. The van der Waals surface area contributed by atoms with Crippen molar-refractivity contribution in [2.75, 3.05) is 18.9 Å². The first kappa shape index (κ1) is 13.9. The maximum Gasteiger partial charge on any atom is 0.296 e. The number of carbonyl (C=O) groups excluding carboxylic acids is 1. The van der Waals surface area contributed by atoms with Crippen LogP contribution in [0, 0.1) is 16.0 Å². The van der Waals surface area contributed by atoms with Crippen molar-refractivity contribution < 1.29 is 14.8 Å². The van der Waals surface area contributed by atoms with E-state index < -0.39 is 10.8 Å². The van der Waals surface area contributed by atoms with Gasteiger partial charge in [0.05, 0.1) is 4.92 Å². The molecule has 0 aromatic heterocycles. The molecule has 0 saturated heterocycles. The largest absolute Gasteiger partial charge is 0.505 e. The molecule has 18 heavy (non-hydrogen) atoms. The lowest BCUT2D eigenvalue weighted by atomic mass is 10.1. The monoisotopic (exact) mass is 253 g/mol. The molecule has 98 valence electrons. The van der Waals surface area contributed by atoms with Crippen molar-refractivity contribution in [2.45, 2.75) is 6.92 Å². The van der Waals surface area contributed by atoms with Crippen LogP contribution in [-0.4, -0.2) is 29.5 Å². The molecular formula is C11H15N3O4. The predicted molar refractivity (Wildman–Crippen MR) is 66.5 cm³/mol. The van der Waals surface area contributed by atoms with Gasteiger partial charge in [0.2, 0.25) is 5.91 Å². The van der Waals surface area contributed by atoms with Gasteiger partial charge in [-0.05, 0) is 13.1 Å². The minimum atomic E-state index is -0.655. The summed E-state index contributed by atoms with van der Waals surface area (Å²) >= 11 is 0. The van der Waals surface area contributed by atoms with E-state index in [0.29, 0.717) is 6.54 Å². The molecule has 0 radical (unpaired) electrons. The van der Waals surface area contributed by atoms with E-state index in [2.05, 4.69) is 10.6 Å². The van der Waals surface area contributed by atoms with Crippen molar-refractivity contribution in [1.82, 2.24) is 5.32 Å². The van der Waals surface area contributed by atoms with Gasteiger partial charge >= 0.3 is 0 Å². The van der Waals surface area contributed by atoms with E-state index in [9.17, 15) is 20.0 Å². The number of anilines is 1. The molecule has 0 heterocycles. The molecule has 0 aliphatic rings. The number of rotatable bonds is 5. The standard InChI is InChI=1S/C11H15N3O4/c1-7(6-12-2)11(16)13-10-8(14(17)18)4-3-5-9(10)15/h3-5,7,12,15H,6H2,1-2H3,(H,13,16). The molecule has 1 aromatic carbocycles. The molecule has 1 atom stereocenters. The van der Waals surface area contributed by atoms with Crippen LogP contribution in [0.5, 0.6) is 5.75 Å². The molecule has 0 fully saturated rings. The number of nitro benzene ring substituents is 1. The maximum absolute atomic E-state index is 11.7. The van der Waals surface area contributed by atoms with Crippen molar-refractivity contribution in [3.8, 4) is 5.75 Å². The molecule has 1 amide bonds. The van der Waals surface area contributed by atoms with Crippen LogP contribution in [0.25, 0.3) is 0 Å².